The predicted octanol–water partition coefficient (Wildman–Crippen LogP) is 3.89. The van der Waals surface area contributed by atoms with E-state index in [1.54, 1.807) is 0 Å². The molecule has 0 aliphatic carbocycles. The van der Waals surface area contributed by atoms with Crippen molar-refractivity contribution in [3.05, 3.63) is 59.7 Å². The first-order valence-electron chi connectivity index (χ1n) is 7.30. The maximum absolute atomic E-state index is 13.5. The molecular weight excluding hydrogens is 318 g/mol. The Morgan fingerprint density at radius 2 is 1.87 bits per heavy atom. The van der Waals surface area contributed by atoms with E-state index < -0.39 is 11.6 Å². The first-order chi connectivity index (χ1) is 11.1. The highest BCUT2D eigenvalue weighted by Crippen LogP contribution is 2.15. The second-order valence-electron chi connectivity index (χ2n) is 4.83. The molecule has 0 spiro atoms. The maximum atomic E-state index is 13.5. The first-order valence-corrected chi connectivity index (χ1v) is 7.71. The lowest BCUT2D eigenvalue weighted by molar-refractivity contribution is 0.340. The highest BCUT2D eigenvalue weighted by Gasteiger charge is 2.05. The number of rotatable bonds is 6. The molecule has 6 heteroatoms. The third-order valence-electron chi connectivity index (χ3n) is 3.11. The SMILES string of the molecule is CCOc1ccc(CCNC(=S)Nc2cc(F)ccc2F)cc1. The minimum atomic E-state index is -0.554. The van der Waals surface area contributed by atoms with E-state index in [1.807, 2.05) is 31.2 Å². The van der Waals surface area contributed by atoms with Gasteiger partial charge in [-0.2, -0.15) is 0 Å². The first kappa shape index (κ1) is 17.1. The second-order valence-corrected chi connectivity index (χ2v) is 5.24. The fourth-order valence-electron chi connectivity index (χ4n) is 2.00. The van der Waals surface area contributed by atoms with Crippen LogP contribution in [0.2, 0.25) is 0 Å². The van der Waals surface area contributed by atoms with Crippen LogP contribution in [0.5, 0.6) is 5.75 Å². The normalized spacial score (nSPS) is 10.2. The molecule has 3 nitrogen and oxygen atoms in total. The summed E-state index contributed by atoms with van der Waals surface area (Å²) in [4.78, 5) is 0. The van der Waals surface area contributed by atoms with Gasteiger partial charge in [-0.15, -0.1) is 0 Å². The second kappa shape index (κ2) is 8.43. The van der Waals surface area contributed by atoms with Gasteiger partial charge in [0.2, 0.25) is 0 Å². The van der Waals surface area contributed by atoms with Crippen molar-refractivity contribution in [3.8, 4) is 5.75 Å². The Labute approximate surface area is 139 Å². The van der Waals surface area contributed by atoms with Crippen LogP contribution in [0.25, 0.3) is 0 Å². The Kier molecular flexibility index (Phi) is 6.29. The van der Waals surface area contributed by atoms with E-state index in [0.717, 1.165) is 35.9 Å². The fraction of sp³-hybridized carbons (Fsp3) is 0.235. The minimum absolute atomic E-state index is 0.0172. The molecule has 0 unspecified atom stereocenters. The molecule has 0 aromatic heterocycles. The zero-order valence-corrected chi connectivity index (χ0v) is 13.6. The Morgan fingerprint density at radius 3 is 2.57 bits per heavy atom. The van der Waals surface area contributed by atoms with E-state index in [4.69, 9.17) is 17.0 Å². The lowest BCUT2D eigenvalue weighted by Gasteiger charge is -2.11. The Bertz CT molecular complexity index is 662. The summed E-state index contributed by atoms with van der Waals surface area (Å²) < 4.78 is 31.9. The smallest absolute Gasteiger partial charge is 0.170 e. The van der Waals surface area contributed by atoms with Crippen molar-refractivity contribution in [2.75, 3.05) is 18.5 Å². The summed E-state index contributed by atoms with van der Waals surface area (Å²) in [7, 11) is 0. The van der Waals surface area contributed by atoms with Gasteiger partial charge in [0.15, 0.2) is 5.11 Å². The predicted molar refractivity (Wildman–Crippen MR) is 91.9 cm³/mol. The van der Waals surface area contributed by atoms with Gasteiger partial charge in [0.1, 0.15) is 17.4 Å². The lowest BCUT2D eigenvalue weighted by Crippen LogP contribution is -2.30. The standard InChI is InChI=1S/C17H18F2N2OS/c1-2-22-14-6-3-12(4-7-14)9-10-20-17(23)21-16-11-13(18)5-8-15(16)19/h3-8,11H,2,9-10H2,1H3,(H2,20,21,23). The Balaban J connectivity index is 1.79. The van der Waals surface area contributed by atoms with Crippen LogP contribution in [-0.2, 0) is 6.42 Å². The summed E-state index contributed by atoms with van der Waals surface area (Å²) in [6.45, 7) is 3.15. The molecule has 2 aromatic carbocycles. The summed E-state index contributed by atoms with van der Waals surface area (Å²) in [5, 5.41) is 5.86. The third-order valence-corrected chi connectivity index (χ3v) is 3.36. The fourth-order valence-corrected chi connectivity index (χ4v) is 2.21. The van der Waals surface area contributed by atoms with E-state index in [2.05, 4.69) is 10.6 Å². The van der Waals surface area contributed by atoms with Crippen molar-refractivity contribution in [1.29, 1.82) is 0 Å². The van der Waals surface area contributed by atoms with E-state index in [9.17, 15) is 8.78 Å². The molecule has 0 saturated carbocycles. The van der Waals surface area contributed by atoms with Crippen LogP contribution < -0.4 is 15.4 Å². The van der Waals surface area contributed by atoms with Gasteiger partial charge in [0, 0.05) is 12.6 Å². The highest BCUT2D eigenvalue weighted by atomic mass is 32.1. The number of hydrogen-bond acceptors (Lipinski definition) is 2. The molecule has 2 rings (SSSR count). The van der Waals surface area contributed by atoms with Crippen LogP contribution in [0.3, 0.4) is 0 Å². The third kappa shape index (κ3) is 5.49. The van der Waals surface area contributed by atoms with Crippen LogP contribution in [-0.4, -0.2) is 18.3 Å². The molecular formula is C17H18F2N2OS. The molecule has 0 saturated heterocycles. The number of nitrogens with one attached hydrogen (secondary N) is 2. The molecule has 0 heterocycles. The molecule has 122 valence electrons. The van der Waals surface area contributed by atoms with Crippen LogP contribution in [0.15, 0.2) is 42.5 Å². The number of anilines is 1. The van der Waals surface area contributed by atoms with Crippen molar-refractivity contribution >= 4 is 23.0 Å². The molecule has 0 bridgehead atoms. The molecule has 2 aromatic rings. The summed E-state index contributed by atoms with van der Waals surface area (Å²) >= 11 is 5.08. The number of halogens is 2. The van der Waals surface area contributed by atoms with E-state index in [0.29, 0.717) is 13.2 Å². The number of thiocarbonyl (C=S) groups is 1. The molecule has 0 fully saturated rings. The highest BCUT2D eigenvalue weighted by molar-refractivity contribution is 7.80. The van der Waals surface area contributed by atoms with Crippen LogP contribution in [0.1, 0.15) is 12.5 Å². The van der Waals surface area contributed by atoms with Gasteiger partial charge < -0.3 is 15.4 Å². The molecule has 0 aliphatic heterocycles. The zero-order valence-electron chi connectivity index (χ0n) is 12.7. The van der Waals surface area contributed by atoms with Gasteiger partial charge in [-0.05, 0) is 55.4 Å². The van der Waals surface area contributed by atoms with Gasteiger partial charge in [0.25, 0.3) is 0 Å². The van der Waals surface area contributed by atoms with E-state index in [-0.39, 0.29) is 10.8 Å². The van der Waals surface area contributed by atoms with Gasteiger partial charge >= 0.3 is 0 Å². The summed E-state index contributed by atoms with van der Waals surface area (Å²) in [6.07, 6.45) is 0.750. The quantitative estimate of drug-likeness (QED) is 0.784. The average Bonchev–Trinajstić information content (AvgIpc) is 2.53. The largest absolute Gasteiger partial charge is 0.494 e. The van der Waals surface area contributed by atoms with Crippen LogP contribution in [0, 0.1) is 11.6 Å². The Morgan fingerprint density at radius 1 is 1.13 bits per heavy atom. The van der Waals surface area contributed by atoms with Crippen molar-refractivity contribution in [3.63, 3.8) is 0 Å². The molecule has 23 heavy (non-hydrogen) atoms. The minimum Gasteiger partial charge on any atom is -0.494 e. The number of hydrogen-bond donors (Lipinski definition) is 2. The molecule has 0 amide bonds. The molecule has 2 N–H and O–H groups in total. The summed E-state index contributed by atoms with van der Waals surface area (Å²) in [5.41, 5.74) is 1.14. The van der Waals surface area contributed by atoms with Crippen molar-refractivity contribution in [2.24, 2.45) is 0 Å². The van der Waals surface area contributed by atoms with Crippen molar-refractivity contribution in [1.82, 2.24) is 5.32 Å². The average molecular weight is 336 g/mol. The monoisotopic (exact) mass is 336 g/mol. The van der Waals surface area contributed by atoms with Crippen molar-refractivity contribution in [2.45, 2.75) is 13.3 Å². The van der Waals surface area contributed by atoms with Gasteiger partial charge in [-0.3, -0.25) is 0 Å². The summed E-state index contributed by atoms with van der Waals surface area (Å²) in [6, 6.07) is 11.0. The van der Waals surface area contributed by atoms with E-state index in [1.165, 1.54) is 0 Å². The summed E-state index contributed by atoms with van der Waals surface area (Å²) in [5.74, 6) is -0.240. The topological polar surface area (TPSA) is 33.3 Å². The van der Waals surface area contributed by atoms with Gasteiger partial charge in [0.05, 0.1) is 12.3 Å². The van der Waals surface area contributed by atoms with Crippen LogP contribution >= 0.6 is 12.2 Å². The van der Waals surface area contributed by atoms with Crippen LogP contribution in [0.4, 0.5) is 14.5 Å². The molecule has 0 atom stereocenters. The molecule has 0 radical (unpaired) electrons. The van der Waals surface area contributed by atoms with Gasteiger partial charge in [-0.25, -0.2) is 8.78 Å². The Hall–Kier alpha value is -2.21. The lowest BCUT2D eigenvalue weighted by atomic mass is 10.1. The van der Waals surface area contributed by atoms with Crippen molar-refractivity contribution < 1.29 is 13.5 Å². The van der Waals surface area contributed by atoms with E-state index >= 15 is 0 Å². The number of ether oxygens (including phenoxy) is 1. The molecule has 0 aliphatic rings. The van der Waals surface area contributed by atoms with Gasteiger partial charge in [-0.1, -0.05) is 12.1 Å². The zero-order chi connectivity index (χ0) is 16.7. The number of benzene rings is 2. The maximum Gasteiger partial charge on any atom is 0.170 e.